The molecular weight excluding hydrogens is 350 g/mol. The van der Waals surface area contributed by atoms with Crippen molar-refractivity contribution < 1.29 is 14.4 Å². The molecule has 6 nitrogen and oxygen atoms in total. The lowest BCUT2D eigenvalue weighted by Crippen LogP contribution is -2.41. The van der Waals surface area contributed by atoms with E-state index < -0.39 is 5.91 Å². The molecule has 2 amide bonds. The van der Waals surface area contributed by atoms with Crippen molar-refractivity contribution in [1.82, 2.24) is 15.8 Å². The summed E-state index contributed by atoms with van der Waals surface area (Å²) in [4.78, 5) is 41.2. The van der Waals surface area contributed by atoms with E-state index in [-0.39, 0.29) is 17.4 Å². The van der Waals surface area contributed by atoms with Crippen molar-refractivity contribution in [3.63, 3.8) is 0 Å². The van der Waals surface area contributed by atoms with Crippen LogP contribution in [0.15, 0.2) is 6.07 Å². The zero-order chi connectivity index (χ0) is 19.0. The molecule has 2 aromatic rings. The molecule has 1 unspecified atom stereocenters. The van der Waals surface area contributed by atoms with Crippen molar-refractivity contribution in [3.8, 4) is 0 Å². The van der Waals surface area contributed by atoms with Gasteiger partial charge in [-0.2, -0.15) is 0 Å². The molecule has 1 aliphatic carbocycles. The third-order valence-electron chi connectivity index (χ3n) is 4.86. The van der Waals surface area contributed by atoms with E-state index in [9.17, 15) is 14.4 Å². The molecule has 0 saturated heterocycles. The third kappa shape index (κ3) is 3.44. The number of carbonyl (C=O) groups is 3. The topological polar surface area (TPSA) is 91.1 Å². The van der Waals surface area contributed by atoms with E-state index in [1.165, 1.54) is 28.7 Å². The molecule has 0 aliphatic heterocycles. The number of hydrogen-bond donors (Lipinski definition) is 3. The number of ketones is 1. The summed E-state index contributed by atoms with van der Waals surface area (Å²) in [5, 5.41) is 0. The van der Waals surface area contributed by atoms with Crippen molar-refractivity contribution in [3.05, 3.63) is 43.9 Å². The van der Waals surface area contributed by atoms with Crippen LogP contribution >= 0.6 is 11.3 Å². The quantitative estimate of drug-likeness (QED) is 0.570. The Bertz CT molecular complexity index is 894. The number of amides is 2. The SMILES string of the molecule is CC(=O)c1c(C)[nH]c(C(=O)NNC(=O)c2cc3c(s2)CCC(C)C3)c1C. The maximum Gasteiger partial charge on any atom is 0.286 e. The highest BCUT2D eigenvalue weighted by Crippen LogP contribution is 2.32. The lowest BCUT2D eigenvalue weighted by Gasteiger charge is -2.16. The molecule has 1 aliphatic rings. The van der Waals surface area contributed by atoms with Gasteiger partial charge in [0.2, 0.25) is 0 Å². The molecular formula is C19H23N3O3S. The van der Waals surface area contributed by atoms with Gasteiger partial charge in [-0.25, -0.2) is 0 Å². The maximum absolute atomic E-state index is 12.4. The van der Waals surface area contributed by atoms with E-state index in [0.717, 1.165) is 19.3 Å². The molecule has 2 aromatic heterocycles. The van der Waals surface area contributed by atoms with Gasteiger partial charge in [-0.05, 0) is 63.1 Å². The number of aryl methyl sites for hydroxylation is 2. The smallest absolute Gasteiger partial charge is 0.286 e. The van der Waals surface area contributed by atoms with Gasteiger partial charge in [-0.15, -0.1) is 11.3 Å². The summed E-state index contributed by atoms with van der Waals surface area (Å²) < 4.78 is 0. The molecule has 138 valence electrons. The van der Waals surface area contributed by atoms with Crippen LogP contribution in [0.25, 0.3) is 0 Å². The van der Waals surface area contributed by atoms with Crippen molar-refractivity contribution >= 4 is 28.9 Å². The number of hydrazine groups is 1. The Balaban J connectivity index is 1.68. The van der Waals surface area contributed by atoms with Crippen molar-refractivity contribution in [2.75, 3.05) is 0 Å². The van der Waals surface area contributed by atoms with Gasteiger partial charge in [0.05, 0.1) is 4.88 Å². The molecule has 0 fully saturated rings. The highest BCUT2D eigenvalue weighted by atomic mass is 32.1. The van der Waals surface area contributed by atoms with E-state index >= 15 is 0 Å². The number of carbonyl (C=O) groups excluding carboxylic acids is 3. The van der Waals surface area contributed by atoms with Gasteiger partial charge < -0.3 is 4.98 Å². The summed E-state index contributed by atoms with van der Waals surface area (Å²) in [6, 6.07) is 1.93. The number of H-pyrrole nitrogens is 1. The van der Waals surface area contributed by atoms with E-state index in [4.69, 9.17) is 0 Å². The van der Waals surface area contributed by atoms with Crippen LogP contribution < -0.4 is 10.9 Å². The van der Waals surface area contributed by atoms with E-state index in [1.807, 2.05) is 6.07 Å². The van der Waals surface area contributed by atoms with E-state index in [1.54, 1.807) is 13.8 Å². The number of aromatic amines is 1. The van der Waals surface area contributed by atoms with Gasteiger partial charge in [0.1, 0.15) is 5.69 Å². The molecule has 3 rings (SSSR count). The fraction of sp³-hybridized carbons (Fsp3) is 0.421. The van der Waals surface area contributed by atoms with Crippen molar-refractivity contribution in [2.45, 2.75) is 47.0 Å². The maximum atomic E-state index is 12.4. The lowest BCUT2D eigenvalue weighted by atomic mass is 9.90. The summed E-state index contributed by atoms with van der Waals surface area (Å²) in [6.07, 6.45) is 3.16. The van der Waals surface area contributed by atoms with Crippen LogP contribution in [0, 0.1) is 19.8 Å². The average molecular weight is 373 g/mol. The predicted octanol–water partition coefficient (Wildman–Crippen LogP) is 3.10. The van der Waals surface area contributed by atoms with Crippen molar-refractivity contribution in [2.24, 2.45) is 5.92 Å². The first-order chi connectivity index (χ1) is 12.3. The molecule has 26 heavy (non-hydrogen) atoms. The van der Waals surface area contributed by atoms with Gasteiger partial charge >= 0.3 is 0 Å². The minimum absolute atomic E-state index is 0.0993. The highest BCUT2D eigenvalue weighted by Gasteiger charge is 2.22. The second-order valence-electron chi connectivity index (χ2n) is 7.00. The van der Waals surface area contributed by atoms with Gasteiger partial charge in [0.25, 0.3) is 11.8 Å². The monoisotopic (exact) mass is 373 g/mol. The fourth-order valence-electron chi connectivity index (χ4n) is 3.56. The third-order valence-corrected chi connectivity index (χ3v) is 6.10. The van der Waals surface area contributed by atoms with Crippen LogP contribution in [-0.4, -0.2) is 22.6 Å². The van der Waals surface area contributed by atoms with Crippen LogP contribution in [-0.2, 0) is 12.8 Å². The zero-order valence-electron chi connectivity index (χ0n) is 15.4. The van der Waals surface area contributed by atoms with Crippen LogP contribution in [0.3, 0.4) is 0 Å². The lowest BCUT2D eigenvalue weighted by molar-refractivity contribution is 0.0846. The first kappa shape index (κ1) is 18.4. The molecule has 0 aromatic carbocycles. The van der Waals surface area contributed by atoms with Gasteiger partial charge in [-0.1, -0.05) is 6.92 Å². The molecule has 7 heteroatoms. The summed E-state index contributed by atoms with van der Waals surface area (Å²) in [6.45, 7) is 7.14. The van der Waals surface area contributed by atoms with E-state index in [0.29, 0.717) is 27.6 Å². The number of fused-ring (bicyclic) bond motifs is 1. The summed E-state index contributed by atoms with van der Waals surface area (Å²) in [5.41, 5.74) is 8.18. The molecule has 0 radical (unpaired) electrons. The second-order valence-corrected chi connectivity index (χ2v) is 8.13. The minimum atomic E-state index is -0.471. The molecule has 3 N–H and O–H groups in total. The normalized spacial score (nSPS) is 16.1. The highest BCUT2D eigenvalue weighted by molar-refractivity contribution is 7.14. The Hall–Kier alpha value is -2.41. The van der Waals surface area contributed by atoms with Crippen LogP contribution in [0.1, 0.15) is 72.5 Å². The molecule has 1 atom stereocenters. The average Bonchev–Trinajstić information content (AvgIpc) is 3.12. The summed E-state index contributed by atoms with van der Waals surface area (Å²) in [7, 11) is 0. The Morgan fingerprint density at radius 3 is 2.54 bits per heavy atom. The van der Waals surface area contributed by atoms with Crippen molar-refractivity contribution in [1.29, 1.82) is 0 Å². The Labute approximate surface area is 156 Å². The standard InChI is InChI=1S/C19H23N3O3S/c1-9-5-6-14-13(7-9)8-15(26-14)18(24)21-22-19(25)17-10(2)16(12(4)23)11(3)20-17/h8-9,20H,5-7H2,1-4H3,(H,21,24)(H,22,25). The number of thiophene rings is 1. The predicted molar refractivity (Wildman–Crippen MR) is 101 cm³/mol. The molecule has 2 heterocycles. The number of Topliss-reactive ketones (excluding diaryl/α,β-unsaturated/α-hetero) is 1. The largest absolute Gasteiger partial charge is 0.354 e. The van der Waals surface area contributed by atoms with Crippen LogP contribution in [0.2, 0.25) is 0 Å². The number of hydrogen-bond acceptors (Lipinski definition) is 4. The van der Waals surface area contributed by atoms with Crippen LogP contribution in [0.4, 0.5) is 0 Å². The first-order valence-electron chi connectivity index (χ1n) is 8.70. The Morgan fingerprint density at radius 1 is 1.19 bits per heavy atom. The van der Waals surface area contributed by atoms with Gasteiger partial charge in [0.15, 0.2) is 5.78 Å². The number of aromatic nitrogens is 1. The summed E-state index contributed by atoms with van der Waals surface area (Å²) >= 11 is 1.49. The van der Waals surface area contributed by atoms with Gasteiger partial charge in [0, 0.05) is 16.1 Å². The molecule has 0 spiro atoms. The van der Waals surface area contributed by atoms with Crippen LogP contribution in [0.5, 0.6) is 0 Å². The Kier molecular flexibility index (Phi) is 5.00. The fourth-order valence-corrected chi connectivity index (χ4v) is 4.66. The number of rotatable bonds is 3. The van der Waals surface area contributed by atoms with E-state index in [2.05, 4.69) is 22.8 Å². The first-order valence-corrected chi connectivity index (χ1v) is 9.52. The number of nitrogens with one attached hydrogen (secondary N) is 3. The second kappa shape index (κ2) is 7.07. The molecule has 0 saturated carbocycles. The summed E-state index contributed by atoms with van der Waals surface area (Å²) in [5.74, 6) is -0.250. The van der Waals surface area contributed by atoms with Gasteiger partial charge in [-0.3, -0.25) is 25.2 Å². The minimum Gasteiger partial charge on any atom is -0.354 e. The molecule has 0 bridgehead atoms. The zero-order valence-corrected chi connectivity index (χ0v) is 16.2. The Morgan fingerprint density at radius 2 is 1.88 bits per heavy atom.